The Labute approximate surface area is 78.9 Å². The van der Waals surface area contributed by atoms with Crippen molar-refractivity contribution in [1.29, 1.82) is 0 Å². The molecule has 3 nitrogen and oxygen atoms in total. The summed E-state index contributed by atoms with van der Waals surface area (Å²) in [7, 11) is 0. The van der Waals surface area contributed by atoms with E-state index in [0.717, 1.165) is 18.0 Å². The topological polar surface area (TPSA) is 47.3 Å². The van der Waals surface area contributed by atoms with Gasteiger partial charge in [0, 0.05) is 6.07 Å². The SMILES string of the molecule is CC(C)COc1cccc(NN)c1. The third kappa shape index (κ3) is 3.34. The number of nitrogens with one attached hydrogen (secondary N) is 1. The first-order chi connectivity index (χ1) is 6.22. The number of anilines is 1. The normalized spacial score (nSPS) is 10.2. The summed E-state index contributed by atoms with van der Waals surface area (Å²) in [6.45, 7) is 4.96. The molecule has 0 atom stereocenters. The number of benzene rings is 1. The monoisotopic (exact) mass is 180 g/mol. The molecule has 3 heteroatoms. The molecule has 0 aromatic heterocycles. The Bertz CT molecular complexity index is 261. The first-order valence-electron chi connectivity index (χ1n) is 4.42. The first-order valence-corrected chi connectivity index (χ1v) is 4.42. The zero-order valence-corrected chi connectivity index (χ0v) is 8.08. The average molecular weight is 180 g/mol. The number of hydrogen-bond acceptors (Lipinski definition) is 3. The van der Waals surface area contributed by atoms with Crippen molar-refractivity contribution < 1.29 is 4.74 Å². The highest BCUT2D eigenvalue weighted by Gasteiger charge is 1.97. The number of nitrogen functional groups attached to an aromatic ring is 1. The van der Waals surface area contributed by atoms with Gasteiger partial charge >= 0.3 is 0 Å². The van der Waals surface area contributed by atoms with E-state index in [1.165, 1.54) is 0 Å². The Morgan fingerprint density at radius 2 is 2.23 bits per heavy atom. The highest BCUT2D eigenvalue weighted by molar-refractivity contribution is 5.46. The molecule has 0 amide bonds. The van der Waals surface area contributed by atoms with Gasteiger partial charge in [0.1, 0.15) is 5.75 Å². The fraction of sp³-hybridized carbons (Fsp3) is 0.400. The van der Waals surface area contributed by atoms with Crippen molar-refractivity contribution >= 4 is 5.69 Å². The van der Waals surface area contributed by atoms with Gasteiger partial charge in [0.15, 0.2) is 0 Å². The van der Waals surface area contributed by atoms with Crippen LogP contribution in [-0.4, -0.2) is 6.61 Å². The Morgan fingerprint density at radius 3 is 2.85 bits per heavy atom. The van der Waals surface area contributed by atoms with Gasteiger partial charge in [-0.05, 0) is 18.1 Å². The molecule has 0 unspecified atom stereocenters. The van der Waals surface area contributed by atoms with Gasteiger partial charge in [0.2, 0.25) is 0 Å². The summed E-state index contributed by atoms with van der Waals surface area (Å²) >= 11 is 0. The molecule has 13 heavy (non-hydrogen) atoms. The van der Waals surface area contributed by atoms with Crippen molar-refractivity contribution in [2.75, 3.05) is 12.0 Å². The summed E-state index contributed by atoms with van der Waals surface area (Å²) in [6, 6.07) is 7.60. The molecule has 0 fully saturated rings. The average Bonchev–Trinajstić information content (AvgIpc) is 2.15. The van der Waals surface area contributed by atoms with Gasteiger partial charge in [0.05, 0.1) is 12.3 Å². The highest BCUT2D eigenvalue weighted by atomic mass is 16.5. The van der Waals surface area contributed by atoms with Crippen molar-refractivity contribution in [2.24, 2.45) is 11.8 Å². The minimum atomic E-state index is 0.537. The van der Waals surface area contributed by atoms with Crippen LogP contribution in [0.3, 0.4) is 0 Å². The molecule has 0 heterocycles. The van der Waals surface area contributed by atoms with Gasteiger partial charge in [-0.15, -0.1) is 0 Å². The predicted octanol–water partition coefficient (Wildman–Crippen LogP) is 2.01. The van der Waals surface area contributed by atoms with Crippen molar-refractivity contribution in [3.8, 4) is 5.75 Å². The van der Waals surface area contributed by atoms with Gasteiger partial charge in [-0.1, -0.05) is 19.9 Å². The Kier molecular flexibility index (Phi) is 3.58. The summed E-state index contributed by atoms with van der Waals surface area (Å²) in [6.07, 6.45) is 0. The minimum absolute atomic E-state index is 0.537. The zero-order chi connectivity index (χ0) is 9.68. The predicted molar refractivity (Wildman–Crippen MR) is 54.6 cm³/mol. The lowest BCUT2D eigenvalue weighted by molar-refractivity contribution is 0.271. The Balaban J connectivity index is 2.56. The fourth-order valence-electron chi connectivity index (χ4n) is 0.939. The molecule has 3 N–H and O–H groups in total. The molecule has 72 valence electrons. The van der Waals surface area contributed by atoms with Crippen LogP contribution in [0.25, 0.3) is 0 Å². The summed E-state index contributed by atoms with van der Waals surface area (Å²) in [4.78, 5) is 0. The van der Waals surface area contributed by atoms with E-state index in [4.69, 9.17) is 10.6 Å². The highest BCUT2D eigenvalue weighted by Crippen LogP contribution is 2.16. The second-order valence-electron chi connectivity index (χ2n) is 3.38. The summed E-state index contributed by atoms with van der Waals surface area (Å²) in [5.41, 5.74) is 3.44. The lowest BCUT2D eigenvalue weighted by atomic mass is 10.2. The van der Waals surface area contributed by atoms with Crippen molar-refractivity contribution in [3.63, 3.8) is 0 Å². The molecule has 0 radical (unpaired) electrons. The van der Waals surface area contributed by atoms with E-state index < -0.39 is 0 Å². The van der Waals surface area contributed by atoms with Crippen LogP contribution >= 0.6 is 0 Å². The molecule has 0 aliphatic heterocycles. The molecular weight excluding hydrogens is 164 g/mol. The van der Waals surface area contributed by atoms with E-state index in [-0.39, 0.29) is 0 Å². The van der Waals surface area contributed by atoms with E-state index in [1.54, 1.807) is 0 Å². The molecule has 1 aromatic rings. The second-order valence-corrected chi connectivity index (χ2v) is 3.38. The van der Waals surface area contributed by atoms with Crippen LogP contribution in [-0.2, 0) is 0 Å². The molecule has 0 aliphatic carbocycles. The lowest BCUT2D eigenvalue weighted by Gasteiger charge is -2.09. The van der Waals surface area contributed by atoms with Gasteiger partial charge in [0.25, 0.3) is 0 Å². The third-order valence-electron chi connectivity index (χ3n) is 1.58. The van der Waals surface area contributed by atoms with Crippen LogP contribution in [0.1, 0.15) is 13.8 Å². The Hall–Kier alpha value is -1.22. The van der Waals surface area contributed by atoms with E-state index in [0.29, 0.717) is 5.92 Å². The Morgan fingerprint density at radius 1 is 1.46 bits per heavy atom. The quantitative estimate of drug-likeness (QED) is 0.550. The number of nitrogens with two attached hydrogens (primary N) is 1. The van der Waals surface area contributed by atoms with E-state index in [1.807, 2.05) is 24.3 Å². The number of rotatable bonds is 4. The number of hydrazine groups is 1. The molecule has 1 aromatic carbocycles. The van der Waals surface area contributed by atoms with Crippen LogP contribution in [0, 0.1) is 5.92 Å². The molecule has 1 rings (SSSR count). The zero-order valence-electron chi connectivity index (χ0n) is 8.08. The standard InChI is InChI=1S/C10H16N2O/c1-8(2)7-13-10-5-3-4-9(6-10)12-11/h3-6,8,12H,7,11H2,1-2H3. The number of ether oxygens (including phenoxy) is 1. The van der Waals surface area contributed by atoms with Gasteiger partial charge < -0.3 is 10.2 Å². The van der Waals surface area contributed by atoms with Crippen molar-refractivity contribution in [3.05, 3.63) is 24.3 Å². The van der Waals surface area contributed by atoms with Gasteiger partial charge in [-0.2, -0.15) is 0 Å². The molecule has 0 saturated carbocycles. The largest absolute Gasteiger partial charge is 0.493 e. The third-order valence-corrected chi connectivity index (χ3v) is 1.58. The van der Waals surface area contributed by atoms with Crippen LogP contribution < -0.4 is 16.0 Å². The second kappa shape index (κ2) is 4.72. The van der Waals surface area contributed by atoms with Crippen LogP contribution in [0.5, 0.6) is 5.75 Å². The summed E-state index contributed by atoms with van der Waals surface area (Å²) in [5.74, 6) is 6.66. The van der Waals surface area contributed by atoms with Crippen LogP contribution in [0.2, 0.25) is 0 Å². The van der Waals surface area contributed by atoms with Crippen LogP contribution in [0.15, 0.2) is 24.3 Å². The first kappa shape index (κ1) is 9.86. The minimum Gasteiger partial charge on any atom is -0.493 e. The smallest absolute Gasteiger partial charge is 0.121 e. The maximum absolute atomic E-state index is 5.51. The van der Waals surface area contributed by atoms with E-state index in [9.17, 15) is 0 Å². The number of hydrogen-bond donors (Lipinski definition) is 2. The van der Waals surface area contributed by atoms with E-state index in [2.05, 4.69) is 19.3 Å². The molecule has 0 spiro atoms. The molecule has 0 aliphatic rings. The molecular formula is C10H16N2O. The molecule has 0 saturated heterocycles. The van der Waals surface area contributed by atoms with Crippen molar-refractivity contribution in [2.45, 2.75) is 13.8 Å². The van der Waals surface area contributed by atoms with Crippen molar-refractivity contribution in [1.82, 2.24) is 0 Å². The van der Waals surface area contributed by atoms with Gasteiger partial charge in [-0.25, -0.2) is 0 Å². The van der Waals surface area contributed by atoms with E-state index >= 15 is 0 Å². The summed E-state index contributed by atoms with van der Waals surface area (Å²) in [5, 5.41) is 0. The van der Waals surface area contributed by atoms with Gasteiger partial charge in [-0.3, -0.25) is 5.84 Å². The lowest BCUT2D eigenvalue weighted by Crippen LogP contribution is -2.08. The summed E-state index contributed by atoms with van der Waals surface area (Å²) < 4.78 is 5.51. The maximum atomic E-state index is 5.51. The molecule has 0 bridgehead atoms. The van der Waals surface area contributed by atoms with Crippen LogP contribution in [0.4, 0.5) is 5.69 Å². The maximum Gasteiger partial charge on any atom is 0.121 e. The fourth-order valence-corrected chi connectivity index (χ4v) is 0.939.